The van der Waals surface area contributed by atoms with Gasteiger partial charge in [-0.25, -0.2) is 0 Å². The molecule has 0 unspecified atom stereocenters. The highest BCUT2D eigenvalue weighted by molar-refractivity contribution is 5.96. The summed E-state index contributed by atoms with van der Waals surface area (Å²) in [6.45, 7) is 2.34. The third-order valence-corrected chi connectivity index (χ3v) is 5.21. The van der Waals surface area contributed by atoms with E-state index in [-0.39, 0.29) is 11.8 Å². The van der Waals surface area contributed by atoms with Gasteiger partial charge in [-0.15, -0.1) is 0 Å². The highest BCUT2D eigenvalue weighted by Gasteiger charge is 2.54. The molecule has 0 spiro atoms. The SMILES string of the molecule is CCOc1cccc(C(=O)NNC(=O)[C@@H]2[C@H]3CC[C@@H](C3)[C@@H]2C(=O)O)c1. The molecule has 7 nitrogen and oxygen atoms in total. The van der Waals surface area contributed by atoms with Crippen LogP contribution in [0.4, 0.5) is 0 Å². The number of ether oxygens (including phenoxy) is 1. The van der Waals surface area contributed by atoms with Crippen LogP contribution in [0, 0.1) is 23.7 Å². The number of carbonyl (C=O) groups excluding carboxylic acids is 2. The summed E-state index contributed by atoms with van der Waals surface area (Å²) in [4.78, 5) is 36.1. The molecule has 0 aliphatic heterocycles. The van der Waals surface area contributed by atoms with Gasteiger partial charge in [-0.3, -0.25) is 25.2 Å². The third-order valence-electron chi connectivity index (χ3n) is 5.21. The van der Waals surface area contributed by atoms with Gasteiger partial charge in [0.15, 0.2) is 0 Å². The molecule has 4 atom stereocenters. The van der Waals surface area contributed by atoms with Crippen molar-refractivity contribution in [3.8, 4) is 5.75 Å². The summed E-state index contributed by atoms with van der Waals surface area (Å²) in [6, 6.07) is 6.63. The van der Waals surface area contributed by atoms with Crippen LogP contribution in [0.1, 0.15) is 36.5 Å². The second kappa shape index (κ2) is 7.13. The number of rotatable bonds is 5. The van der Waals surface area contributed by atoms with Crippen LogP contribution < -0.4 is 15.6 Å². The van der Waals surface area contributed by atoms with Crippen molar-refractivity contribution in [1.82, 2.24) is 10.9 Å². The molecule has 0 saturated heterocycles. The predicted octanol–water partition coefficient (Wildman–Crippen LogP) is 1.59. The van der Waals surface area contributed by atoms with Crippen LogP contribution in [0.2, 0.25) is 0 Å². The Bertz CT molecular complexity index is 690. The average molecular weight is 346 g/mol. The second-order valence-electron chi connectivity index (χ2n) is 6.63. The fourth-order valence-corrected chi connectivity index (χ4v) is 4.19. The molecular formula is C18H22N2O5. The molecule has 7 heteroatoms. The molecule has 3 N–H and O–H groups in total. The Kier molecular flexibility index (Phi) is 4.92. The van der Waals surface area contributed by atoms with Crippen LogP contribution in [0.5, 0.6) is 5.75 Å². The maximum absolute atomic E-state index is 12.4. The number of hydrogen-bond donors (Lipinski definition) is 3. The van der Waals surface area contributed by atoms with Crippen molar-refractivity contribution >= 4 is 17.8 Å². The molecule has 2 saturated carbocycles. The van der Waals surface area contributed by atoms with Crippen LogP contribution in [-0.4, -0.2) is 29.5 Å². The Balaban J connectivity index is 1.61. The zero-order chi connectivity index (χ0) is 18.0. The first-order valence-corrected chi connectivity index (χ1v) is 8.57. The van der Waals surface area contributed by atoms with Gasteiger partial charge in [0.05, 0.1) is 18.4 Å². The van der Waals surface area contributed by atoms with Crippen molar-refractivity contribution in [2.45, 2.75) is 26.2 Å². The molecule has 1 aromatic rings. The number of fused-ring (bicyclic) bond motifs is 2. The number of hydrogen-bond acceptors (Lipinski definition) is 4. The van der Waals surface area contributed by atoms with E-state index in [1.807, 2.05) is 6.92 Å². The topological polar surface area (TPSA) is 105 Å². The standard InChI is InChI=1S/C18H22N2O5/c1-2-25-13-5-3-4-12(9-13)16(21)19-20-17(22)14-10-6-7-11(8-10)15(14)18(23)24/h3-5,9-11,14-15H,2,6-8H2,1H3,(H,19,21)(H,20,22)(H,23,24)/t10-,11-,14+,15-/m0/s1. The maximum Gasteiger partial charge on any atom is 0.307 e. The van der Waals surface area contributed by atoms with E-state index >= 15 is 0 Å². The predicted molar refractivity (Wildman–Crippen MR) is 88.7 cm³/mol. The molecule has 2 aliphatic carbocycles. The Morgan fingerprint density at radius 1 is 1.16 bits per heavy atom. The second-order valence-corrected chi connectivity index (χ2v) is 6.63. The van der Waals surface area contributed by atoms with Crippen molar-refractivity contribution in [3.05, 3.63) is 29.8 Å². The Hall–Kier alpha value is -2.57. The molecule has 25 heavy (non-hydrogen) atoms. The Morgan fingerprint density at radius 3 is 2.56 bits per heavy atom. The highest BCUT2D eigenvalue weighted by atomic mass is 16.5. The minimum Gasteiger partial charge on any atom is -0.494 e. The lowest BCUT2D eigenvalue weighted by Crippen LogP contribution is -2.48. The van der Waals surface area contributed by atoms with E-state index in [2.05, 4.69) is 10.9 Å². The molecule has 1 aromatic carbocycles. The quantitative estimate of drug-likeness (QED) is 0.702. The van der Waals surface area contributed by atoms with Crippen LogP contribution in [0.15, 0.2) is 24.3 Å². The van der Waals surface area contributed by atoms with Gasteiger partial charge in [-0.1, -0.05) is 6.07 Å². The number of hydrazine groups is 1. The summed E-state index contributed by atoms with van der Waals surface area (Å²) in [5.74, 6) is -2.33. The number of carbonyl (C=O) groups is 3. The minimum absolute atomic E-state index is 0.0665. The lowest BCUT2D eigenvalue weighted by molar-refractivity contribution is -0.149. The van der Waals surface area contributed by atoms with Gasteiger partial charge in [0, 0.05) is 5.56 Å². The fourth-order valence-electron chi connectivity index (χ4n) is 4.19. The first-order chi connectivity index (χ1) is 12.0. The molecular weight excluding hydrogens is 324 g/mol. The normalized spacial score (nSPS) is 26.9. The lowest BCUT2D eigenvalue weighted by atomic mass is 9.79. The largest absolute Gasteiger partial charge is 0.494 e. The molecule has 2 bridgehead atoms. The lowest BCUT2D eigenvalue weighted by Gasteiger charge is -2.27. The number of benzene rings is 1. The van der Waals surface area contributed by atoms with E-state index < -0.39 is 29.6 Å². The summed E-state index contributed by atoms with van der Waals surface area (Å²) in [6.07, 6.45) is 2.51. The summed E-state index contributed by atoms with van der Waals surface area (Å²) < 4.78 is 5.34. The fraction of sp³-hybridized carbons (Fsp3) is 0.500. The van der Waals surface area contributed by atoms with Gasteiger partial charge in [0.25, 0.3) is 5.91 Å². The smallest absolute Gasteiger partial charge is 0.307 e. The van der Waals surface area contributed by atoms with E-state index in [1.54, 1.807) is 24.3 Å². The third kappa shape index (κ3) is 3.45. The van der Waals surface area contributed by atoms with Gasteiger partial charge >= 0.3 is 5.97 Å². The van der Waals surface area contributed by atoms with Crippen molar-refractivity contribution < 1.29 is 24.2 Å². The zero-order valence-electron chi connectivity index (χ0n) is 14.0. The van der Waals surface area contributed by atoms with Gasteiger partial charge < -0.3 is 9.84 Å². The molecule has 2 aliphatic rings. The first-order valence-electron chi connectivity index (χ1n) is 8.57. The summed E-state index contributed by atoms with van der Waals surface area (Å²) in [5.41, 5.74) is 5.13. The highest BCUT2D eigenvalue weighted by Crippen LogP contribution is 2.52. The minimum atomic E-state index is -0.928. The Morgan fingerprint density at radius 2 is 1.88 bits per heavy atom. The van der Waals surface area contributed by atoms with Crippen molar-refractivity contribution in [1.29, 1.82) is 0 Å². The summed E-state index contributed by atoms with van der Waals surface area (Å²) in [7, 11) is 0. The summed E-state index contributed by atoms with van der Waals surface area (Å²) in [5, 5.41) is 9.41. The van der Waals surface area contributed by atoms with Crippen LogP contribution in [0.3, 0.4) is 0 Å². The number of carboxylic acid groups (broad SMARTS) is 1. The van der Waals surface area contributed by atoms with E-state index in [1.165, 1.54) is 0 Å². The van der Waals surface area contributed by atoms with Gasteiger partial charge in [-0.2, -0.15) is 0 Å². The van der Waals surface area contributed by atoms with Crippen molar-refractivity contribution in [2.75, 3.05) is 6.61 Å². The zero-order valence-corrected chi connectivity index (χ0v) is 14.0. The number of nitrogens with one attached hydrogen (secondary N) is 2. The van der Waals surface area contributed by atoms with Crippen LogP contribution in [0.25, 0.3) is 0 Å². The Labute approximate surface area is 145 Å². The average Bonchev–Trinajstić information content (AvgIpc) is 3.21. The number of amides is 2. The van der Waals surface area contributed by atoms with Crippen molar-refractivity contribution in [2.24, 2.45) is 23.7 Å². The number of carboxylic acids is 1. The van der Waals surface area contributed by atoms with Crippen molar-refractivity contribution in [3.63, 3.8) is 0 Å². The monoisotopic (exact) mass is 346 g/mol. The van der Waals surface area contributed by atoms with Gasteiger partial charge in [0.1, 0.15) is 5.75 Å². The van der Waals surface area contributed by atoms with E-state index in [9.17, 15) is 19.5 Å². The molecule has 2 amide bonds. The maximum atomic E-state index is 12.4. The van der Waals surface area contributed by atoms with E-state index in [4.69, 9.17) is 4.74 Å². The molecule has 134 valence electrons. The van der Waals surface area contributed by atoms with Gasteiger partial charge in [0.2, 0.25) is 5.91 Å². The van der Waals surface area contributed by atoms with Crippen LogP contribution >= 0.6 is 0 Å². The van der Waals surface area contributed by atoms with Crippen LogP contribution in [-0.2, 0) is 9.59 Å². The summed E-state index contributed by atoms with van der Waals surface area (Å²) >= 11 is 0. The van der Waals surface area contributed by atoms with Gasteiger partial charge in [-0.05, 0) is 56.2 Å². The molecule has 2 fully saturated rings. The first kappa shape index (κ1) is 17.3. The number of aliphatic carboxylic acids is 1. The van der Waals surface area contributed by atoms with E-state index in [0.717, 1.165) is 19.3 Å². The molecule has 3 rings (SSSR count). The molecule has 0 radical (unpaired) electrons. The molecule has 0 heterocycles. The molecule has 0 aromatic heterocycles. The van der Waals surface area contributed by atoms with E-state index in [0.29, 0.717) is 17.9 Å².